The van der Waals surface area contributed by atoms with Gasteiger partial charge in [-0.2, -0.15) is 0 Å². The van der Waals surface area contributed by atoms with Gasteiger partial charge in [0.1, 0.15) is 5.65 Å². The van der Waals surface area contributed by atoms with Crippen molar-refractivity contribution in [1.82, 2.24) is 14.7 Å². The van der Waals surface area contributed by atoms with Gasteiger partial charge in [-0.15, -0.1) is 0 Å². The van der Waals surface area contributed by atoms with Gasteiger partial charge in [-0.1, -0.05) is 6.92 Å². The number of benzene rings is 1. The number of aryl methyl sites for hydroxylation is 1. The highest BCUT2D eigenvalue weighted by atomic mass is 16.5. The van der Waals surface area contributed by atoms with Crippen LogP contribution in [0.25, 0.3) is 16.9 Å². The minimum atomic E-state index is -0.0951. The summed E-state index contributed by atoms with van der Waals surface area (Å²) in [4.78, 5) is 20.2. The number of nitrogens with zero attached hydrogens (tertiary/aromatic N) is 3. The number of pyridine rings is 1. The fourth-order valence-electron chi connectivity index (χ4n) is 4.30. The summed E-state index contributed by atoms with van der Waals surface area (Å²) >= 11 is 0. The number of piperidine rings is 1. The number of nitrogens with one attached hydrogen (secondary N) is 1. The first-order valence-electron chi connectivity index (χ1n) is 10.8. The van der Waals surface area contributed by atoms with Gasteiger partial charge in [0.25, 0.3) is 5.56 Å². The Morgan fingerprint density at radius 1 is 1.10 bits per heavy atom. The number of anilines is 1. The second-order valence-electron chi connectivity index (χ2n) is 7.94. The van der Waals surface area contributed by atoms with Gasteiger partial charge in [0.05, 0.1) is 25.6 Å². The molecule has 1 aromatic carbocycles. The molecule has 7 heteroatoms. The van der Waals surface area contributed by atoms with Gasteiger partial charge < -0.3 is 19.7 Å². The summed E-state index contributed by atoms with van der Waals surface area (Å²) in [5, 5.41) is 3.54. The third kappa shape index (κ3) is 4.23. The molecule has 0 aliphatic carbocycles. The molecule has 1 aliphatic heterocycles. The Kier molecular flexibility index (Phi) is 6.13. The number of fused-ring (bicyclic) bond motifs is 1. The Balaban J connectivity index is 1.69. The molecule has 0 radical (unpaired) electrons. The van der Waals surface area contributed by atoms with E-state index in [2.05, 4.69) is 23.2 Å². The standard InChI is InChI=1S/C24H30N4O3/c1-5-25-18-8-10-27(11-9-18)19-12-16(2)24-26-20(14-23(29)28(24)15-19)17-6-7-21(30-3)22(13-17)31-4/h6-7,12-15,18,25H,5,8-11H2,1-4H3. The molecule has 31 heavy (non-hydrogen) atoms. The van der Waals surface area contributed by atoms with Crippen molar-refractivity contribution < 1.29 is 9.47 Å². The summed E-state index contributed by atoms with van der Waals surface area (Å²) in [5.74, 6) is 1.25. The van der Waals surface area contributed by atoms with E-state index in [4.69, 9.17) is 14.5 Å². The van der Waals surface area contributed by atoms with Gasteiger partial charge in [-0.25, -0.2) is 4.98 Å². The van der Waals surface area contributed by atoms with Crippen LogP contribution in [-0.2, 0) is 0 Å². The van der Waals surface area contributed by atoms with E-state index in [9.17, 15) is 4.79 Å². The Labute approximate surface area is 182 Å². The van der Waals surface area contributed by atoms with Gasteiger partial charge in [0, 0.05) is 37.0 Å². The summed E-state index contributed by atoms with van der Waals surface area (Å²) in [6, 6.07) is 9.84. The van der Waals surface area contributed by atoms with E-state index < -0.39 is 0 Å². The van der Waals surface area contributed by atoms with Crippen LogP contribution in [0, 0.1) is 6.92 Å². The van der Waals surface area contributed by atoms with Gasteiger partial charge in [-0.3, -0.25) is 9.20 Å². The van der Waals surface area contributed by atoms with Gasteiger partial charge in [-0.05, 0) is 56.1 Å². The molecule has 164 valence electrons. The fourth-order valence-corrected chi connectivity index (χ4v) is 4.30. The molecular formula is C24H30N4O3. The maximum Gasteiger partial charge on any atom is 0.258 e. The summed E-state index contributed by atoms with van der Waals surface area (Å²) in [6.07, 6.45) is 4.14. The third-order valence-corrected chi connectivity index (χ3v) is 5.96. The molecule has 2 aromatic heterocycles. The predicted molar refractivity (Wildman–Crippen MR) is 124 cm³/mol. The normalized spacial score (nSPS) is 14.8. The smallest absolute Gasteiger partial charge is 0.258 e. The summed E-state index contributed by atoms with van der Waals surface area (Å²) in [7, 11) is 3.19. The molecule has 1 fully saturated rings. The van der Waals surface area contributed by atoms with E-state index in [0.717, 1.165) is 49.3 Å². The molecule has 1 saturated heterocycles. The van der Waals surface area contributed by atoms with Crippen molar-refractivity contribution in [3.8, 4) is 22.8 Å². The minimum absolute atomic E-state index is 0.0951. The molecule has 0 unspecified atom stereocenters. The van der Waals surface area contributed by atoms with Crippen molar-refractivity contribution in [3.05, 3.63) is 52.4 Å². The van der Waals surface area contributed by atoms with E-state index in [0.29, 0.717) is 28.9 Å². The zero-order valence-electron chi connectivity index (χ0n) is 18.6. The van der Waals surface area contributed by atoms with Crippen LogP contribution >= 0.6 is 0 Å². The van der Waals surface area contributed by atoms with Crippen molar-refractivity contribution in [2.45, 2.75) is 32.7 Å². The van der Waals surface area contributed by atoms with E-state index in [-0.39, 0.29) is 5.56 Å². The van der Waals surface area contributed by atoms with Gasteiger partial charge in [0.15, 0.2) is 11.5 Å². The van der Waals surface area contributed by atoms with Crippen LogP contribution < -0.4 is 25.2 Å². The van der Waals surface area contributed by atoms with E-state index in [1.54, 1.807) is 24.7 Å². The zero-order chi connectivity index (χ0) is 22.0. The second kappa shape index (κ2) is 8.98. The molecule has 1 aliphatic rings. The first-order chi connectivity index (χ1) is 15.0. The van der Waals surface area contributed by atoms with E-state index >= 15 is 0 Å². The van der Waals surface area contributed by atoms with Crippen molar-refractivity contribution in [2.24, 2.45) is 0 Å². The Bertz CT molecular complexity index is 1130. The Morgan fingerprint density at radius 3 is 2.52 bits per heavy atom. The van der Waals surface area contributed by atoms with Crippen molar-refractivity contribution in [2.75, 3.05) is 38.8 Å². The highest BCUT2D eigenvalue weighted by Gasteiger charge is 2.20. The summed E-state index contributed by atoms with van der Waals surface area (Å²) in [5.41, 5.74) is 4.05. The van der Waals surface area contributed by atoms with Gasteiger partial charge in [0.2, 0.25) is 0 Å². The molecule has 0 bridgehead atoms. The third-order valence-electron chi connectivity index (χ3n) is 5.96. The maximum absolute atomic E-state index is 13.0. The molecule has 3 aromatic rings. The van der Waals surface area contributed by atoms with Crippen LogP contribution in [0.5, 0.6) is 11.5 Å². The lowest BCUT2D eigenvalue weighted by atomic mass is 10.0. The highest BCUT2D eigenvalue weighted by molar-refractivity contribution is 5.67. The molecule has 0 saturated carbocycles. The van der Waals surface area contributed by atoms with Crippen LogP contribution in [0.2, 0.25) is 0 Å². The molecular weight excluding hydrogens is 392 g/mol. The minimum Gasteiger partial charge on any atom is -0.493 e. The zero-order valence-corrected chi connectivity index (χ0v) is 18.6. The number of methoxy groups -OCH3 is 2. The molecule has 4 rings (SSSR count). The molecule has 7 nitrogen and oxygen atoms in total. The lowest BCUT2D eigenvalue weighted by Gasteiger charge is -2.34. The monoisotopic (exact) mass is 422 g/mol. The van der Waals surface area contributed by atoms with Crippen LogP contribution in [0.3, 0.4) is 0 Å². The fraction of sp³-hybridized carbons (Fsp3) is 0.417. The lowest BCUT2D eigenvalue weighted by molar-refractivity contribution is 0.355. The van der Waals surface area contributed by atoms with Crippen LogP contribution in [0.4, 0.5) is 5.69 Å². The van der Waals surface area contributed by atoms with Crippen LogP contribution in [-0.4, -0.2) is 49.3 Å². The Morgan fingerprint density at radius 2 is 1.84 bits per heavy atom. The number of hydrogen-bond acceptors (Lipinski definition) is 6. The van der Waals surface area contributed by atoms with Crippen molar-refractivity contribution in [3.63, 3.8) is 0 Å². The van der Waals surface area contributed by atoms with E-state index in [1.807, 2.05) is 31.3 Å². The highest BCUT2D eigenvalue weighted by Crippen LogP contribution is 2.31. The topological polar surface area (TPSA) is 68.1 Å². The molecule has 0 amide bonds. The SMILES string of the molecule is CCNC1CCN(c2cc(C)c3nc(-c4ccc(OC)c(OC)c4)cc(=O)n3c2)CC1. The van der Waals surface area contributed by atoms with Crippen LogP contribution in [0.1, 0.15) is 25.3 Å². The average Bonchev–Trinajstić information content (AvgIpc) is 2.79. The number of aromatic nitrogens is 2. The average molecular weight is 423 g/mol. The first-order valence-corrected chi connectivity index (χ1v) is 10.8. The lowest BCUT2D eigenvalue weighted by Crippen LogP contribution is -2.42. The molecule has 0 spiro atoms. The predicted octanol–water partition coefficient (Wildman–Crippen LogP) is 3.27. The molecule has 0 atom stereocenters. The number of hydrogen-bond donors (Lipinski definition) is 1. The van der Waals surface area contributed by atoms with Crippen molar-refractivity contribution in [1.29, 1.82) is 0 Å². The summed E-state index contributed by atoms with van der Waals surface area (Å²) in [6.45, 7) is 7.12. The molecule has 3 heterocycles. The quantitative estimate of drug-likeness (QED) is 0.658. The largest absolute Gasteiger partial charge is 0.493 e. The summed E-state index contributed by atoms with van der Waals surface area (Å²) < 4.78 is 12.4. The second-order valence-corrected chi connectivity index (χ2v) is 7.94. The maximum atomic E-state index is 13.0. The molecule has 1 N–H and O–H groups in total. The van der Waals surface area contributed by atoms with Crippen molar-refractivity contribution >= 4 is 11.3 Å². The number of ether oxygens (including phenoxy) is 2. The first kappa shape index (κ1) is 21.2. The van der Waals surface area contributed by atoms with Crippen LogP contribution in [0.15, 0.2) is 41.3 Å². The van der Waals surface area contributed by atoms with E-state index in [1.165, 1.54) is 0 Å². The Hall–Kier alpha value is -3.06. The van der Waals surface area contributed by atoms with Gasteiger partial charge >= 0.3 is 0 Å². The number of rotatable bonds is 6.